The van der Waals surface area contributed by atoms with E-state index in [2.05, 4.69) is 9.71 Å². The highest BCUT2D eigenvalue weighted by atomic mass is 35.5. The number of rotatable bonds is 5. The number of nitrogens with zero attached hydrogens (tertiary/aromatic N) is 1. The van der Waals surface area contributed by atoms with Gasteiger partial charge in [0.2, 0.25) is 5.91 Å². The van der Waals surface area contributed by atoms with Crippen LogP contribution in [0.4, 0.5) is 5.13 Å². The van der Waals surface area contributed by atoms with Crippen LogP contribution in [0.2, 0.25) is 5.02 Å². The van der Waals surface area contributed by atoms with E-state index >= 15 is 0 Å². The van der Waals surface area contributed by atoms with Crippen LogP contribution in [0, 0.1) is 6.92 Å². The number of hydrogen-bond acceptors (Lipinski definition) is 5. The Labute approximate surface area is 159 Å². The van der Waals surface area contributed by atoms with Crippen LogP contribution in [0.3, 0.4) is 0 Å². The average molecular weight is 408 g/mol. The summed E-state index contributed by atoms with van der Waals surface area (Å²) in [4.78, 5) is 15.7. The van der Waals surface area contributed by atoms with Gasteiger partial charge in [0.05, 0.1) is 10.6 Å². The number of hydrogen-bond donors (Lipinski definition) is 2. The van der Waals surface area contributed by atoms with Gasteiger partial charge in [0.15, 0.2) is 5.13 Å². The Hall–Kier alpha value is -2.42. The van der Waals surface area contributed by atoms with Gasteiger partial charge in [0.1, 0.15) is 0 Å². The molecule has 0 aliphatic rings. The molecule has 6 nitrogen and oxygen atoms in total. The molecule has 0 bridgehead atoms. The lowest BCUT2D eigenvalue weighted by Crippen LogP contribution is -2.16. The molecule has 1 heterocycles. The van der Waals surface area contributed by atoms with Gasteiger partial charge in [0, 0.05) is 21.5 Å². The zero-order valence-corrected chi connectivity index (χ0v) is 16.0. The smallest absolute Gasteiger partial charge is 0.263 e. The van der Waals surface area contributed by atoms with Gasteiger partial charge in [0.25, 0.3) is 10.0 Å². The molecule has 0 saturated heterocycles. The Bertz CT molecular complexity index is 1080. The largest absolute Gasteiger partial charge is 0.366 e. The normalized spacial score (nSPS) is 11.3. The van der Waals surface area contributed by atoms with E-state index in [1.54, 1.807) is 36.6 Å². The Morgan fingerprint density at radius 1 is 1.19 bits per heavy atom. The molecule has 0 radical (unpaired) electrons. The Morgan fingerprint density at radius 2 is 1.88 bits per heavy atom. The number of carbonyl (C=O) groups is 1. The minimum absolute atomic E-state index is 0.0554. The summed E-state index contributed by atoms with van der Waals surface area (Å²) < 4.78 is 27.6. The first kappa shape index (κ1) is 18.4. The Balaban J connectivity index is 1.88. The van der Waals surface area contributed by atoms with E-state index in [1.165, 1.54) is 18.2 Å². The van der Waals surface area contributed by atoms with Gasteiger partial charge in [-0.05, 0) is 36.8 Å². The molecule has 0 saturated carbocycles. The van der Waals surface area contributed by atoms with Crippen molar-refractivity contribution in [1.82, 2.24) is 4.98 Å². The van der Waals surface area contributed by atoms with Crippen molar-refractivity contribution in [3.8, 4) is 11.3 Å². The molecule has 3 aromatic rings. The first-order valence-corrected chi connectivity index (χ1v) is 10.1. The van der Waals surface area contributed by atoms with Crippen LogP contribution in [-0.4, -0.2) is 19.3 Å². The third-order valence-electron chi connectivity index (χ3n) is 3.65. The topological polar surface area (TPSA) is 102 Å². The van der Waals surface area contributed by atoms with Crippen molar-refractivity contribution in [3.05, 3.63) is 64.0 Å². The molecule has 0 spiro atoms. The van der Waals surface area contributed by atoms with Crippen molar-refractivity contribution >= 4 is 44.0 Å². The quantitative estimate of drug-likeness (QED) is 0.673. The van der Waals surface area contributed by atoms with Gasteiger partial charge in [-0.1, -0.05) is 29.8 Å². The van der Waals surface area contributed by atoms with E-state index in [-0.39, 0.29) is 15.6 Å². The average Bonchev–Trinajstić information content (AvgIpc) is 3.03. The van der Waals surface area contributed by atoms with Crippen molar-refractivity contribution in [1.29, 1.82) is 0 Å². The standard InChI is InChI=1S/C17H14ClN3O3S2/c1-10-2-7-13(8-14(10)16(19)22)26(23,24)21-17-20-15(9-25-17)11-3-5-12(18)6-4-11/h2-9H,1H3,(H2,19,22)(H,20,21). The number of primary amides is 1. The second-order valence-corrected chi connectivity index (χ2v) is 8.47. The minimum Gasteiger partial charge on any atom is -0.366 e. The van der Waals surface area contributed by atoms with Crippen LogP contribution < -0.4 is 10.5 Å². The molecule has 9 heteroatoms. The number of amides is 1. The van der Waals surface area contributed by atoms with E-state index in [0.717, 1.165) is 16.9 Å². The fraction of sp³-hybridized carbons (Fsp3) is 0.0588. The van der Waals surface area contributed by atoms with Crippen LogP contribution >= 0.6 is 22.9 Å². The van der Waals surface area contributed by atoms with Crippen molar-refractivity contribution in [2.24, 2.45) is 5.73 Å². The molecule has 3 N–H and O–H groups in total. The summed E-state index contributed by atoms with van der Waals surface area (Å²) >= 11 is 7.02. The van der Waals surface area contributed by atoms with E-state index in [0.29, 0.717) is 16.3 Å². The predicted octanol–water partition coefficient (Wildman–Crippen LogP) is 3.67. The Morgan fingerprint density at radius 3 is 2.54 bits per heavy atom. The molecule has 0 aliphatic heterocycles. The summed E-state index contributed by atoms with van der Waals surface area (Å²) in [5, 5.41) is 2.57. The van der Waals surface area contributed by atoms with Crippen LogP contribution in [-0.2, 0) is 10.0 Å². The summed E-state index contributed by atoms with van der Waals surface area (Å²) in [7, 11) is -3.89. The van der Waals surface area contributed by atoms with Crippen molar-refractivity contribution in [3.63, 3.8) is 0 Å². The molecule has 1 amide bonds. The maximum Gasteiger partial charge on any atom is 0.263 e. The molecule has 0 fully saturated rings. The molecule has 3 rings (SSSR count). The zero-order valence-electron chi connectivity index (χ0n) is 13.6. The number of anilines is 1. The highest BCUT2D eigenvalue weighted by Gasteiger charge is 2.19. The lowest BCUT2D eigenvalue weighted by Gasteiger charge is -2.08. The zero-order chi connectivity index (χ0) is 18.9. The summed E-state index contributed by atoms with van der Waals surface area (Å²) in [5.74, 6) is -0.682. The summed E-state index contributed by atoms with van der Waals surface area (Å²) in [6.45, 7) is 1.68. The van der Waals surface area contributed by atoms with Gasteiger partial charge in [-0.2, -0.15) is 0 Å². The highest BCUT2D eigenvalue weighted by molar-refractivity contribution is 7.93. The van der Waals surface area contributed by atoms with E-state index in [9.17, 15) is 13.2 Å². The number of sulfonamides is 1. The fourth-order valence-corrected chi connectivity index (χ4v) is 4.41. The van der Waals surface area contributed by atoms with Crippen LogP contribution in [0.25, 0.3) is 11.3 Å². The molecular weight excluding hydrogens is 394 g/mol. The molecule has 0 unspecified atom stereocenters. The number of aromatic nitrogens is 1. The number of nitrogens with one attached hydrogen (secondary N) is 1. The van der Waals surface area contributed by atoms with E-state index < -0.39 is 15.9 Å². The first-order chi connectivity index (χ1) is 12.3. The van der Waals surface area contributed by atoms with Crippen molar-refractivity contribution in [2.45, 2.75) is 11.8 Å². The lowest BCUT2D eigenvalue weighted by molar-refractivity contribution is 0.0999. The van der Waals surface area contributed by atoms with Crippen LogP contribution in [0.1, 0.15) is 15.9 Å². The highest BCUT2D eigenvalue weighted by Crippen LogP contribution is 2.27. The van der Waals surface area contributed by atoms with Gasteiger partial charge < -0.3 is 5.73 Å². The molecular formula is C17H14ClN3O3S2. The molecule has 1 aromatic heterocycles. The number of nitrogens with two attached hydrogens (primary N) is 1. The summed E-state index contributed by atoms with van der Waals surface area (Å²) in [6, 6.07) is 11.3. The molecule has 134 valence electrons. The van der Waals surface area contributed by atoms with Gasteiger partial charge >= 0.3 is 0 Å². The summed E-state index contributed by atoms with van der Waals surface area (Å²) in [6.07, 6.45) is 0. The molecule has 0 aliphatic carbocycles. The second kappa shape index (κ2) is 7.06. The fourth-order valence-electron chi connectivity index (χ4n) is 2.28. The van der Waals surface area contributed by atoms with Gasteiger partial charge in [-0.15, -0.1) is 11.3 Å². The number of thiazole rings is 1. The minimum atomic E-state index is -3.89. The lowest BCUT2D eigenvalue weighted by atomic mass is 10.1. The molecule has 2 aromatic carbocycles. The first-order valence-electron chi connectivity index (χ1n) is 7.41. The number of carbonyl (C=O) groups excluding carboxylic acids is 1. The SMILES string of the molecule is Cc1ccc(S(=O)(=O)Nc2nc(-c3ccc(Cl)cc3)cs2)cc1C(N)=O. The third-order valence-corrected chi connectivity index (χ3v) is 6.13. The molecule has 26 heavy (non-hydrogen) atoms. The second-order valence-electron chi connectivity index (χ2n) is 5.49. The van der Waals surface area contributed by atoms with Crippen molar-refractivity contribution < 1.29 is 13.2 Å². The maximum absolute atomic E-state index is 12.6. The maximum atomic E-state index is 12.6. The van der Waals surface area contributed by atoms with E-state index in [1.807, 2.05) is 0 Å². The van der Waals surface area contributed by atoms with Gasteiger partial charge in [-0.25, -0.2) is 13.4 Å². The van der Waals surface area contributed by atoms with E-state index in [4.69, 9.17) is 17.3 Å². The predicted molar refractivity (Wildman–Crippen MR) is 103 cm³/mol. The number of aryl methyl sites for hydroxylation is 1. The van der Waals surface area contributed by atoms with Gasteiger partial charge in [-0.3, -0.25) is 9.52 Å². The summed E-state index contributed by atoms with van der Waals surface area (Å²) in [5.41, 5.74) is 7.50. The third kappa shape index (κ3) is 3.87. The van der Waals surface area contributed by atoms with Crippen LogP contribution in [0.5, 0.6) is 0 Å². The number of halogens is 1. The number of benzene rings is 2. The Kier molecular flexibility index (Phi) is 4.99. The van der Waals surface area contributed by atoms with Crippen molar-refractivity contribution in [2.75, 3.05) is 4.72 Å². The monoisotopic (exact) mass is 407 g/mol. The molecule has 0 atom stereocenters. The van der Waals surface area contributed by atoms with Crippen LogP contribution in [0.15, 0.2) is 52.7 Å².